The first-order valence-electron chi connectivity index (χ1n) is 9.85. The Labute approximate surface area is 162 Å². The standard InChI is InChI=1S/C22H28N2O2S/c1-27(25,26)22-3-2-13-24(22)14-11-17-4-6-18(7-5-17)19-8-9-21-16-23-12-10-20(21)15-19/h4-9,15,22-23H,2-3,10-14,16H2,1H3/t22-/m1/s1. The first kappa shape index (κ1) is 18.7. The molecule has 2 heterocycles. The molecule has 2 aromatic carbocycles. The maximum atomic E-state index is 11.9. The summed E-state index contributed by atoms with van der Waals surface area (Å²) < 4.78 is 23.8. The van der Waals surface area contributed by atoms with Crippen LogP contribution in [-0.4, -0.2) is 44.6 Å². The van der Waals surface area contributed by atoms with E-state index < -0.39 is 9.84 Å². The molecule has 0 bridgehead atoms. The topological polar surface area (TPSA) is 49.4 Å². The second-order valence-electron chi connectivity index (χ2n) is 7.82. The Kier molecular flexibility index (Phi) is 5.35. The Balaban J connectivity index is 1.42. The molecule has 4 nitrogen and oxygen atoms in total. The van der Waals surface area contributed by atoms with Crippen molar-refractivity contribution in [2.24, 2.45) is 0 Å². The Morgan fingerprint density at radius 2 is 1.85 bits per heavy atom. The van der Waals surface area contributed by atoms with Crippen LogP contribution in [0.1, 0.15) is 29.5 Å². The highest BCUT2D eigenvalue weighted by Gasteiger charge is 2.31. The van der Waals surface area contributed by atoms with Crippen molar-refractivity contribution < 1.29 is 8.42 Å². The predicted molar refractivity (Wildman–Crippen MR) is 110 cm³/mol. The molecule has 27 heavy (non-hydrogen) atoms. The average molecular weight is 385 g/mol. The third-order valence-corrected chi connectivity index (χ3v) is 7.39. The number of hydrogen-bond acceptors (Lipinski definition) is 4. The molecule has 1 atom stereocenters. The summed E-state index contributed by atoms with van der Waals surface area (Å²) >= 11 is 0. The van der Waals surface area contributed by atoms with Gasteiger partial charge in [0.2, 0.25) is 0 Å². The van der Waals surface area contributed by atoms with Crippen molar-refractivity contribution in [2.45, 2.75) is 37.6 Å². The van der Waals surface area contributed by atoms with Gasteiger partial charge in [-0.1, -0.05) is 42.5 Å². The van der Waals surface area contributed by atoms with E-state index in [-0.39, 0.29) is 5.37 Å². The second kappa shape index (κ2) is 7.74. The van der Waals surface area contributed by atoms with E-state index in [0.29, 0.717) is 0 Å². The molecule has 144 valence electrons. The van der Waals surface area contributed by atoms with Crippen molar-refractivity contribution in [3.8, 4) is 11.1 Å². The maximum Gasteiger partial charge on any atom is 0.163 e. The number of benzene rings is 2. The fourth-order valence-electron chi connectivity index (χ4n) is 4.33. The van der Waals surface area contributed by atoms with Crippen molar-refractivity contribution in [2.75, 3.05) is 25.9 Å². The number of hydrogen-bond donors (Lipinski definition) is 1. The Hall–Kier alpha value is -1.69. The molecule has 4 rings (SSSR count). The molecule has 1 fully saturated rings. The fourth-order valence-corrected chi connectivity index (χ4v) is 5.68. The number of fused-ring (bicyclic) bond motifs is 1. The van der Waals surface area contributed by atoms with E-state index in [2.05, 4.69) is 52.7 Å². The van der Waals surface area contributed by atoms with Gasteiger partial charge in [-0.3, -0.25) is 4.90 Å². The van der Waals surface area contributed by atoms with E-state index >= 15 is 0 Å². The predicted octanol–water partition coefficient (Wildman–Crippen LogP) is 3.01. The van der Waals surface area contributed by atoms with Crippen LogP contribution in [0.5, 0.6) is 0 Å². The lowest BCUT2D eigenvalue weighted by atomic mass is 9.95. The fraction of sp³-hybridized carbons (Fsp3) is 0.455. The zero-order valence-corrected chi connectivity index (χ0v) is 16.8. The second-order valence-corrected chi connectivity index (χ2v) is 10.0. The highest BCUT2D eigenvalue weighted by Crippen LogP contribution is 2.26. The van der Waals surface area contributed by atoms with Gasteiger partial charge in [0.15, 0.2) is 9.84 Å². The van der Waals surface area contributed by atoms with Gasteiger partial charge in [-0.15, -0.1) is 0 Å². The van der Waals surface area contributed by atoms with Gasteiger partial charge in [0.25, 0.3) is 0 Å². The molecule has 0 aromatic heterocycles. The minimum Gasteiger partial charge on any atom is -0.312 e. The van der Waals surface area contributed by atoms with Crippen molar-refractivity contribution in [3.05, 3.63) is 59.2 Å². The van der Waals surface area contributed by atoms with E-state index in [0.717, 1.165) is 51.9 Å². The molecule has 0 radical (unpaired) electrons. The van der Waals surface area contributed by atoms with Crippen molar-refractivity contribution in [3.63, 3.8) is 0 Å². The minimum absolute atomic E-state index is 0.290. The van der Waals surface area contributed by atoms with Gasteiger partial charge < -0.3 is 5.32 Å². The van der Waals surface area contributed by atoms with Crippen LogP contribution in [0.15, 0.2) is 42.5 Å². The zero-order valence-electron chi connectivity index (χ0n) is 15.9. The van der Waals surface area contributed by atoms with E-state index in [1.807, 2.05) is 0 Å². The van der Waals surface area contributed by atoms with Crippen LogP contribution in [0.2, 0.25) is 0 Å². The summed E-state index contributed by atoms with van der Waals surface area (Å²) in [4.78, 5) is 2.13. The van der Waals surface area contributed by atoms with Crippen LogP contribution < -0.4 is 5.32 Å². The lowest BCUT2D eigenvalue weighted by molar-refractivity contribution is 0.310. The summed E-state index contributed by atoms with van der Waals surface area (Å²) in [5, 5.41) is 3.13. The Morgan fingerprint density at radius 1 is 1.07 bits per heavy atom. The van der Waals surface area contributed by atoms with Gasteiger partial charge in [0.05, 0.1) is 0 Å². The minimum atomic E-state index is -2.99. The van der Waals surface area contributed by atoms with E-state index in [1.54, 1.807) is 0 Å². The van der Waals surface area contributed by atoms with E-state index in [1.165, 1.54) is 34.1 Å². The smallest absolute Gasteiger partial charge is 0.163 e. The first-order valence-corrected chi connectivity index (χ1v) is 11.8. The lowest BCUT2D eigenvalue weighted by Crippen LogP contribution is -2.36. The molecule has 0 amide bonds. The van der Waals surface area contributed by atoms with Gasteiger partial charge in [0.1, 0.15) is 5.37 Å². The van der Waals surface area contributed by atoms with E-state index in [9.17, 15) is 8.42 Å². The first-order chi connectivity index (χ1) is 13.0. The van der Waals surface area contributed by atoms with Gasteiger partial charge in [-0.25, -0.2) is 8.42 Å². The molecule has 5 heteroatoms. The van der Waals surface area contributed by atoms with Crippen LogP contribution in [0.25, 0.3) is 11.1 Å². The van der Waals surface area contributed by atoms with Gasteiger partial charge in [0, 0.05) is 19.3 Å². The molecule has 1 N–H and O–H groups in total. The molecule has 1 saturated heterocycles. The molecule has 2 aliphatic rings. The number of sulfone groups is 1. The summed E-state index contributed by atoms with van der Waals surface area (Å²) in [7, 11) is -2.99. The maximum absolute atomic E-state index is 11.9. The number of nitrogens with zero attached hydrogens (tertiary/aromatic N) is 1. The zero-order chi connectivity index (χ0) is 18.9. The van der Waals surface area contributed by atoms with Crippen LogP contribution >= 0.6 is 0 Å². The third-order valence-electron chi connectivity index (χ3n) is 5.87. The average Bonchev–Trinajstić information content (AvgIpc) is 3.16. The van der Waals surface area contributed by atoms with Crippen LogP contribution in [0.4, 0.5) is 0 Å². The Morgan fingerprint density at radius 3 is 2.63 bits per heavy atom. The summed E-state index contributed by atoms with van der Waals surface area (Å²) in [5.41, 5.74) is 6.65. The quantitative estimate of drug-likeness (QED) is 0.861. The molecule has 0 spiro atoms. The summed E-state index contributed by atoms with van der Waals surface area (Å²) in [6, 6.07) is 15.5. The van der Waals surface area contributed by atoms with Gasteiger partial charge >= 0.3 is 0 Å². The highest BCUT2D eigenvalue weighted by molar-refractivity contribution is 7.91. The lowest BCUT2D eigenvalue weighted by Gasteiger charge is -2.22. The van der Waals surface area contributed by atoms with Crippen LogP contribution in [-0.2, 0) is 29.2 Å². The molecular formula is C22H28N2O2S. The SMILES string of the molecule is CS(=O)(=O)[C@@H]1CCCN1CCc1ccc(-c2ccc3c(c2)CCNC3)cc1. The number of likely N-dealkylation sites (tertiary alicyclic amines) is 1. The molecule has 2 aromatic rings. The summed E-state index contributed by atoms with van der Waals surface area (Å²) in [6.07, 6.45) is 5.09. The third kappa shape index (κ3) is 4.26. The number of nitrogens with one attached hydrogen (secondary N) is 1. The van der Waals surface area contributed by atoms with Gasteiger partial charge in [-0.05, 0) is 66.6 Å². The normalized spacial score (nSPS) is 20.6. The molecule has 0 unspecified atom stereocenters. The summed E-state index contributed by atoms with van der Waals surface area (Å²) in [5.74, 6) is 0. The van der Waals surface area contributed by atoms with Crippen molar-refractivity contribution >= 4 is 9.84 Å². The molecule has 0 saturated carbocycles. The van der Waals surface area contributed by atoms with Crippen LogP contribution in [0, 0.1) is 0 Å². The molecule has 2 aliphatic heterocycles. The van der Waals surface area contributed by atoms with E-state index in [4.69, 9.17) is 0 Å². The van der Waals surface area contributed by atoms with Crippen molar-refractivity contribution in [1.82, 2.24) is 10.2 Å². The summed E-state index contributed by atoms with van der Waals surface area (Å²) in [6.45, 7) is 3.72. The largest absolute Gasteiger partial charge is 0.312 e. The monoisotopic (exact) mass is 384 g/mol. The van der Waals surface area contributed by atoms with Gasteiger partial charge in [-0.2, -0.15) is 0 Å². The number of rotatable bonds is 5. The molecular weight excluding hydrogens is 356 g/mol. The van der Waals surface area contributed by atoms with Crippen molar-refractivity contribution in [1.29, 1.82) is 0 Å². The molecule has 0 aliphatic carbocycles. The Bertz CT molecular complexity index is 906. The van der Waals surface area contributed by atoms with Crippen LogP contribution in [0.3, 0.4) is 0 Å². The highest BCUT2D eigenvalue weighted by atomic mass is 32.2.